The molecule has 0 heterocycles. The fraction of sp³-hybridized carbons (Fsp3) is 0.188. The largest absolute Gasteiger partial charge is 0.468 e. The molecule has 25 heavy (non-hydrogen) atoms. The van der Waals surface area contributed by atoms with Crippen LogP contribution in [-0.4, -0.2) is 27.5 Å². The SMILES string of the molecule is COC(=O)C(Cc1ccc(F)cc1)NS(=O)(=O)c1c(F)cccc1F. The molecular weight excluding hydrogens is 359 g/mol. The van der Waals surface area contributed by atoms with Crippen molar-refractivity contribution in [3.63, 3.8) is 0 Å². The zero-order valence-corrected chi connectivity index (χ0v) is 13.8. The van der Waals surface area contributed by atoms with Gasteiger partial charge in [0.2, 0.25) is 10.0 Å². The number of hydrogen-bond donors (Lipinski definition) is 1. The first-order valence-electron chi connectivity index (χ1n) is 7.03. The molecule has 1 N–H and O–H groups in total. The maximum Gasteiger partial charge on any atom is 0.324 e. The fourth-order valence-corrected chi connectivity index (χ4v) is 3.48. The summed E-state index contributed by atoms with van der Waals surface area (Å²) in [5, 5.41) is 0. The molecule has 0 fully saturated rings. The summed E-state index contributed by atoms with van der Waals surface area (Å²) in [4.78, 5) is 10.7. The lowest BCUT2D eigenvalue weighted by atomic mass is 10.1. The van der Waals surface area contributed by atoms with Gasteiger partial charge in [0.25, 0.3) is 0 Å². The van der Waals surface area contributed by atoms with Crippen molar-refractivity contribution in [3.05, 3.63) is 65.5 Å². The minimum Gasteiger partial charge on any atom is -0.468 e. The molecule has 1 unspecified atom stereocenters. The van der Waals surface area contributed by atoms with Crippen molar-refractivity contribution < 1.29 is 31.1 Å². The zero-order valence-electron chi connectivity index (χ0n) is 13.0. The second kappa shape index (κ2) is 7.66. The van der Waals surface area contributed by atoms with Gasteiger partial charge in [-0.2, -0.15) is 4.72 Å². The molecule has 2 aromatic carbocycles. The molecule has 5 nitrogen and oxygen atoms in total. The maximum atomic E-state index is 13.7. The Bertz CT molecular complexity index is 849. The number of benzene rings is 2. The molecule has 134 valence electrons. The van der Waals surface area contributed by atoms with Crippen LogP contribution in [0.2, 0.25) is 0 Å². The number of methoxy groups -OCH3 is 1. The Morgan fingerprint density at radius 2 is 1.64 bits per heavy atom. The van der Waals surface area contributed by atoms with Gasteiger partial charge in [-0.25, -0.2) is 21.6 Å². The Morgan fingerprint density at radius 1 is 1.08 bits per heavy atom. The average molecular weight is 373 g/mol. The van der Waals surface area contributed by atoms with E-state index in [1.807, 2.05) is 4.72 Å². The fourth-order valence-electron chi connectivity index (χ4n) is 2.16. The molecule has 0 amide bonds. The van der Waals surface area contributed by atoms with Gasteiger partial charge < -0.3 is 4.74 Å². The van der Waals surface area contributed by atoms with Crippen molar-refractivity contribution in [1.82, 2.24) is 4.72 Å². The standard InChI is InChI=1S/C16H14F3NO4S/c1-24-16(21)14(9-10-5-7-11(17)8-6-10)20-25(22,23)15-12(18)3-2-4-13(15)19/h2-8,14,20H,9H2,1H3. The zero-order chi connectivity index (χ0) is 18.6. The third-order valence-corrected chi connectivity index (χ3v) is 4.85. The first-order chi connectivity index (χ1) is 11.7. The predicted octanol–water partition coefficient (Wildman–Crippen LogP) is 2.17. The number of halogens is 3. The molecular formula is C16H14F3NO4S. The van der Waals surface area contributed by atoms with E-state index in [1.54, 1.807) is 0 Å². The monoisotopic (exact) mass is 373 g/mol. The summed E-state index contributed by atoms with van der Waals surface area (Å²) in [6, 6.07) is 6.10. The van der Waals surface area contributed by atoms with Gasteiger partial charge in [-0.05, 0) is 36.2 Å². The van der Waals surface area contributed by atoms with E-state index in [1.165, 1.54) is 12.1 Å². The summed E-state index contributed by atoms with van der Waals surface area (Å²) in [5.74, 6) is -4.05. The lowest BCUT2D eigenvalue weighted by Crippen LogP contribution is -2.43. The molecule has 0 saturated carbocycles. The number of carbonyl (C=O) groups excluding carboxylic acids is 1. The lowest BCUT2D eigenvalue weighted by molar-refractivity contribution is -0.142. The molecule has 2 rings (SSSR count). The van der Waals surface area contributed by atoms with Gasteiger partial charge in [0.1, 0.15) is 23.5 Å². The Morgan fingerprint density at radius 3 is 2.16 bits per heavy atom. The third kappa shape index (κ3) is 4.58. The first kappa shape index (κ1) is 18.9. The van der Waals surface area contributed by atoms with Gasteiger partial charge >= 0.3 is 5.97 Å². The second-order valence-corrected chi connectivity index (χ2v) is 6.73. The summed E-state index contributed by atoms with van der Waals surface area (Å²) < 4.78 is 71.4. The summed E-state index contributed by atoms with van der Waals surface area (Å²) in [7, 11) is -3.64. The van der Waals surface area contributed by atoms with E-state index in [2.05, 4.69) is 4.74 Å². The molecule has 0 radical (unpaired) electrons. The Labute approximate surface area is 142 Å². The van der Waals surface area contributed by atoms with Crippen molar-refractivity contribution in [2.75, 3.05) is 7.11 Å². The Balaban J connectivity index is 2.33. The van der Waals surface area contributed by atoms with Crippen molar-refractivity contribution in [1.29, 1.82) is 0 Å². The van der Waals surface area contributed by atoms with Crippen LogP contribution in [0.15, 0.2) is 47.4 Å². The average Bonchev–Trinajstić information content (AvgIpc) is 2.55. The summed E-state index contributed by atoms with van der Waals surface area (Å²) >= 11 is 0. The van der Waals surface area contributed by atoms with Crippen molar-refractivity contribution in [2.24, 2.45) is 0 Å². The summed E-state index contributed by atoms with van der Waals surface area (Å²) in [6.45, 7) is 0. The van der Waals surface area contributed by atoms with Crippen LogP contribution in [-0.2, 0) is 26.0 Å². The number of carbonyl (C=O) groups is 1. The van der Waals surface area contributed by atoms with Crippen LogP contribution >= 0.6 is 0 Å². The van der Waals surface area contributed by atoms with E-state index in [0.717, 1.165) is 37.4 Å². The molecule has 0 bridgehead atoms. The molecule has 9 heteroatoms. The number of nitrogens with one attached hydrogen (secondary N) is 1. The van der Waals surface area contributed by atoms with E-state index in [-0.39, 0.29) is 6.42 Å². The van der Waals surface area contributed by atoms with Crippen LogP contribution < -0.4 is 4.72 Å². The molecule has 0 aliphatic carbocycles. The smallest absolute Gasteiger partial charge is 0.324 e. The highest BCUT2D eigenvalue weighted by molar-refractivity contribution is 7.89. The van der Waals surface area contributed by atoms with Gasteiger partial charge in [-0.1, -0.05) is 18.2 Å². The van der Waals surface area contributed by atoms with Crippen LogP contribution in [0.4, 0.5) is 13.2 Å². The Kier molecular flexibility index (Phi) is 5.81. The number of esters is 1. The van der Waals surface area contributed by atoms with Crippen LogP contribution in [0.3, 0.4) is 0 Å². The maximum absolute atomic E-state index is 13.7. The van der Waals surface area contributed by atoms with Crippen LogP contribution in [0.5, 0.6) is 0 Å². The highest BCUT2D eigenvalue weighted by atomic mass is 32.2. The van der Waals surface area contributed by atoms with Gasteiger partial charge in [-0.15, -0.1) is 0 Å². The van der Waals surface area contributed by atoms with Gasteiger partial charge in [-0.3, -0.25) is 4.79 Å². The Hall–Kier alpha value is -2.39. The number of sulfonamides is 1. The molecule has 0 aliphatic heterocycles. The minimum absolute atomic E-state index is 0.192. The molecule has 0 saturated heterocycles. The van der Waals surface area contributed by atoms with Crippen molar-refractivity contribution in [2.45, 2.75) is 17.4 Å². The number of ether oxygens (including phenoxy) is 1. The van der Waals surface area contributed by atoms with Crippen molar-refractivity contribution >= 4 is 16.0 Å². The predicted molar refractivity (Wildman–Crippen MR) is 82.6 cm³/mol. The lowest BCUT2D eigenvalue weighted by Gasteiger charge is -2.17. The van der Waals surface area contributed by atoms with Crippen LogP contribution in [0.25, 0.3) is 0 Å². The van der Waals surface area contributed by atoms with E-state index in [0.29, 0.717) is 5.56 Å². The first-order valence-corrected chi connectivity index (χ1v) is 8.51. The van der Waals surface area contributed by atoms with Gasteiger partial charge in [0, 0.05) is 0 Å². The van der Waals surface area contributed by atoms with Gasteiger partial charge in [0.15, 0.2) is 4.90 Å². The topological polar surface area (TPSA) is 72.5 Å². The molecule has 2 aromatic rings. The van der Waals surface area contributed by atoms with Crippen molar-refractivity contribution in [3.8, 4) is 0 Å². The quantitative estimate of drug-likeness (QED) is 0.788. The minimum atomic E-state index is -4.68. The van der Waals surface area contributed by atoms with E-state index in [4.69, 9.17) is 0 Å². The van der Waals surface area contributed by atoms with E-state index in [9.17, 15) is 26.4 Å². The molecule has 0 spiro atoms. The summed E-state index contributed by atoms with van der Waals surface area (Å²) in [5.41, 5.74) is 0.425. The highest BCUT2D eigenvalue weighted by Crippen LogP contribution is 2.19. The molecule has 0 aliphatic rings. The third-order valence-electron chi connectivity index (χ3n) is 3.32. The normalized spacial score (nSPS) is 12.6. The highest BCUT2D eigenvalue weighted by Gasteiger charge is 2.30. The van der Waals surface area contributed by atoms with Crippen LogP contribution in [0, 0.1) is 17.5 Å². The summed E-state index contributed by atoms with van der Waals surface area (Å²) in [6.07, 6.45) is -0.192. The van der Waals surface area contributed by atoms with E-state index < -0.39 is 44.4 Å². The van der Waals surface area contributed by atoms with E-state index >= 15 is 0 Å². The van der Waals surface area contributed by atoms with Gasteiger partial charge in [0.05, 0.1) is 7.11 Å². The molecule has 0 aromatic heterocycles. The van der Waals surface area contributed by atoms with Crippen LogP contribution in [0.1, 0.15) is 5.56 Å². The second-order valence-electron chi connectivity index (χ2n) is 5.08. The molecule has 1 atom stereocenters. The number of rotatable bonds is 6. The number of hydrogen-bond acceptors (Lipinski definition) is 4.